The van der Waals surface area contributed by atoms with Gasteiger partial charge in [-0.25, -0.2) is 4.98 Å². The summed E-state index contributed by atoms with van der Waals surface area (Å²) in [4.78, 5) is 4.49. The largest absolute Gasteiger partial charge is 0.493 e. The molecule has 0 radical (unpaired) electrons. The molecule has 1 N–H and O–H groups in total. The fourth-order valence-corrected chi connectivity index (χ4v) is 3.48. The first-order chi connectivity index (χ1) is 12.6. The van der Waals surface area contributed by atoms with Crippen LogP contribution < -0.4 is 14.9 Å². The molecule has 1 aromatic heterocycles. The lowest BCUT2D eigenvalue weighted by atomic mass is 10.2. The molecule has 0 atom stereocenters. The molecule has 0 fully saturated rings. The lowest BCUT2D eigenvalue weighted by molar-refractivity contribution is 0.354. The first kappa shape index (κ1) is 18.5. The molecule has 0 saturated heterocycles. The quantitative estimate of drug-likeness (QED) is 0.427. The zero-order valence-corrected chi connectivity index (χ0v) is 16.3. The van der Waals surface area contributed by atoms with Crippen LogP contribution in [0.1, 0.15) is 5.56 Å². The highest BCUT2D eigenvalue weighted by Crippen LogP contribution is 2.32. The molecule has 5 nitrogen and oxygen atoms in total. The molecule has 0 saturated carbocycles. The molecular weight excluding hydrogens is 393 g/mol. The van der Waals surface area contributed by atoms with Crippen LogP contribution in [0.5, 0.6) is 11.5 Å². The second-order valence-electron chi connectivity index (χ2n) is 5.11. The summed E-state index contributed by atoms with van der Waals surface area (Å²) in [5.74, 6) is 1.26. The fraction of sp³-hybridized carbons (Fsp3) is 0.111. The summed E-state index contributed by atoms with van der Waals surface area (Å²) < 4.78 is 10.6. The van der Waals surface area contributed by atoms with Gasteiger partial charge in [0.15, 0.2) is 11.5 Å². The van der Waals surface area contributed by atoms with E-state index in [1.807, 2.05) is 29.6 Å². The van der Waals surface area contributed by atoms with Crippen LogP contribution in [0, 0.1) is 0 Å². The number of thiazole rings is 1. The molecular formula is C18H15Cl2N3O2S. The van der Waals surface area contributed by atoms with Gasteiger partial charge in [-0.3, -0.25) is 5.43 Å². The third-order valence-corrected chi connectivity index (χ3v) is 4.80. The Morgan fingerprint density at radius 2 is 2.00 bits per heavy atom. The third kappa shape index (κ3) is 4.09. The van der Waals surface area contributed by atoms with Crippen molar-refractivity contribution in [2.45, 2.75) is 0 Å². The van der Waals surface area contributed by atoms with Crippen LogP contribution in [-0.2, 0) is 0 Å². The predicted octanol–water partition coefficient (Wildman–Crippen LogP) is 5.58. The van der Waals surface area contributed by atoms with Crippen LogP contribution in [0.15, 0.2) is 46.9 Å². The molecule has 0 bridgehead atoms. The van der Waals surface area contributed by atoms with E-state index in [0.717, 1.165) is 16.8 Å². The van der Waals surface area contributed by atoms with Crippen molar-refractivity contribution in [3.05, 3.63) is 57.4 Å². The molecule has 0 spiro atoms. The minimum Gasteiger partial charge on any atom is -0.493 e. The molecule has 3 aromatic rings. The number of nitrogens with zero attached hydrogens (tertiary/aromatic N) is 2. The first-order valence-electron chi connectivity index (χ1n) is 7.53. The van der Waals surface area contributed by atoms with Crippen LogP contribution in [-0.4, -0.2) is 25.4 Å². The number of halogens is 2. The zero-order valence-electron chi connectivity index (χ0n) is 14.0. The normalized spacial score (nSPS) is 10.9. The number of methoxy groups -OCH3 is 2. The summed E-state index contributed by atoms with van der Waals surface area (Å²) in [7, 11) is 3.18. The Morgan fingerprint density at radius 1 is 1.15 bits per heavy atom. The van der Waals surface area contributed by atoms with E-state index < -0.39 is 0 Å². The average Bonchev–Trinajstić information content (AvgIpc) is 3.10. The van der Waals surface area contributed by atoms with E-state index in [9.17, 15) is 0 Å². The van der Waals surface area contributed by atoms with E-state index in [2.05, 4.69) is 15.5 Å². The van der Waals surface area contributed by atoms with Gasteiger partial charge in [0.1, 0.15) is 0 Å². The molecule has 0 aliphatic heterocycles. The summed E-state index contributed by atoms with van der Waals surface area (Å²) in [6.45, 7) is 0. The lowest BCUT2D eigenvalue weighted by Crippen LogP contribution is -1.96. The molecule has 26 heavy (non-hydrogen) atoms. The molecule has 0 unspecified atom stereocenters. The molecule has 0 aliphatic rings. The van der Waals surface area contributed by atoms with Gasteiger partial charge in [0.05, 0.1) is 31.2 Å². The van der Waals surface area contributed by atoms with Gasteiger partial charge in [-0.05, 0) is 30.3 Å². The maximum atomic E-state index is 6.22. The van der Waals surface area contributed by atoms with Crippen LogP contribution in [0.2, 0.25) is 10.0 Å². The fourth-order valence-electron chi connectivity index (χ4n) is 2.32. The van der Waals surface area contributed by atoms with Crippen molar-refractivity contribution in [1.82, 2.24) is 4.98 Å². The van der Waals surface area contributed by atoms with E-state index in [1.54, 1.807) is 32.6 Å². The smallest absolute Gasteiger partial charge is 0.203 e. The maximum absolute atomic E-state index is 6.22. The predicted molar refractivity (Wildman–Crippen MR) is 108 cm³/mol. The van der Waals surface area contributed by atoms with E-state index in [0.29, 0.717) is 26.7 Å². The molecule has 3 rings (SSSR count). The number of nitrogens with one attached hydrogen (secondary N) is 1. The number of anilines is 1. The molecule has 2 aromatic carbocycles. The number of hydrazone groups is 1. The molecule has 134 valence electrons. The van der Waals surface area contributed by atoms with Gasteiger partial charge in [-0.15, -0.1) is 11.3 Å². The van der Waals surface area contributed by atoms with Gasteiger partial charge in [-0.2, -0.15) is 5.10 Å². The summed E-state index contributed by atoms with van der Waals surface area (Å²) in [5, 5.41) is 7.91. The number of hydrogen-bond acceptors (Lipinski definition) is 6. The second kappa shape index (κ2) is 8.40. The molecule has 0 amide bonds. The highest BCUT2D eigenvalue weighted by atomic mass is 35.5. The summed E-state index contributed by atoms with van der Waals surface area (Å²) in [6.07, 6.45) is 1.65. The van der Waals surface area contributed by atoms with Crippen LogP contribution in [0.3, 0.4) is 0 Å². The van der Waals surface area contributed by atoms with Crippen LogP contribution in [0.25, 0.3) is 11.3 Å². The summed E-state index contributed by atoms with van der Waals surface area (Å²) in [6, 6.07) is 10.9. The SMILES string of the molecule is COc1cccc(/C=N/Nc2nc(-c3ccc(Cl)cc3Cl)cs2)c1OC. The molecule has 8 heteroatoms. The highest BCUT2D eigenvalue weighted by Gasteiger charge is 2.09. The van der Waals surface area contributed by atoms with Crippen LogP contribution in [0.4, 0.5) is 5.13 Å². The number of hydrogen-bond donors (Lipinski definition) is 1. The van der Waals surface area contributed by atoms with Crippen molar-refractivity contribution >= 4 is 45.9 Å². The third-order valence-electron chi connectivity index (χ3n) is 3.51. The van der Waals surface area contributed by atoms with Gasteiger partial charge in [0.2, 0.25) is 5.13 Å². The number of benzene rings is 2. The van der Waals surface area contributed by atoms with Crippen molar-refractivity contribution in [1.29, 1.82) is 0 Å². The van der Waals surface area contributed by atoms with Crippen molar-refractivity contribution in [2.75, 3.05) is 19.6 Å². The average molecular weight is 408 g/mol. The Kier molecular flexibility index (Phi) is 5.98. The van der Waals surface area contributed by atoms with Crippen molar-refractivity contribution < 1.29 is 9.47 Å². The summed E-state index contributed by atoms with van der Waals surface area (Å²) >= 11 is 13.6. The Hall–Kier alpha value is -2.28. The van der Waals surface area contributed by atoms with Crippen molar-refractivity contribution in [3.8, 4) is 22.8 Å². The zero-order chi connectivity index (χ0) is 18.5. The maximum Gasteiger partial charge on any atom is 0.203 e. The Balaban J connectivity index is 1.75. The number of para-hydroxylation sites is 1. The topological polar surface area (TPSA) is 55.7 Å². The Bertz CT molecular complexity index is 944. The molecule has 0 aliphatic carbocycles. The van der Waals surface area contributed by atoms with Gasteiger partial charge >= 0.3 is 0 Å². The molecule has 1 heterocycles. The standard InChI is InChI=1S/C18H15Cl2N3O2S/c1-24-16-5-3-4-11(17(16)25-2)9-21-23-18-22-15(10-26-18)13-7-6-12(19)8-14(13)20/h3-10H,1-2H3,(H,22,23)/b21-9+. The number of ether oxygens (including phenoxy) is 2. The van der Waals surface area contributed by atoms with E-state index in [1.165, 1.54) is 11.3 Å². The second-order valence-corrected chi connectivity index (χ2v) is 6.82. The highest BCUT2D eigenvalue weighted by molar-refractivity contribution is 7.14. The minimum atomic E-state index is 0.555. The van der Waals surface area contributed by atoms with E-state index in [4.69, 9.17) is 32.7 Å². The van der Waals surface area contributed by atoms with Gasteiger partial charge in [0.25, 0.3) is 0 Å². The van der Waals surface area contributed by atoms with Gasteiger partial charge in [-0.1, -0.05) is 29.3 Å². The lowest BCUT2D eigenvalue weighted by Gasteiger charge is -2.09. The Morgan fingerprint density at radius 3 is 2.73 bits per heavy atom. The minimum absolute atomic E-state index is 0.555. The van der Waals surface area contributed by atoms with E-state index in [-0.39, 0.29) is 0 Å². The Labute approximate surface area is 165 Å². The first-order valence-corrected chi connectivity index (χ1v) is 9.17. The van der Waals surface area contributed by atoms with Gasteiger partial charge < -0.3 is 9.47 Å². The number of aromatic nitrogens is 1. The monoisotopic (exact) mass is 407 g/mol. The van der Waals surface area contributed by atoms with E-state index >= 15 is 0 Å². The van der Waals surface area contributed by atoms with Gasteiger partial charge in [0, 0.05) is 21.5 Å². The summed E-state index contributed by atoms with van der Waals surface area (Å²) in [5.41, 5.74) is 5.28. The van der Waals surface area contributed by atoms with Crippen molar-refractivity contribution in [3.63, 3.8) is 0 Å². The number of rotatable bonds is 6. The van der Waals surface area contributed by atoms with Crippen molar-refractivity contribution in [2.24, 2.45) is 5.10 Å². The van der Waals surface area contributed by atoms with Crippen LogP contribution >= 0.6 is 34.5 Å².